The molecule has 3 nitrogen and oxygen atoms in total. The summed E-state index contributed by atoms with van der Waals surface area (Å²) < 4.78 is 1.02. The predicted molar refractivity (Wildman–Crippen MR) is 107 cm³/mol. The molecule has 0 aliphatic carbocycles. The van der Waals surface area contributed by atoms with Crippen LogP contribution in [-0.2, 0) is 10.5 Å². The number of aryl methyl sites for hydroxylation is 2. The van der Waals surface area contributed by atoms with Gasteiger partial charge in [-0.25, -0.2) is 5.43 Å². The Balaban J connectivity index is 1.80. The zero-order valence-corrected chi connectivity index (χ0v) is 16.5. The van der Waals surface area contributed by atoms with Crippen LogP contribution in [0.25, 0.3) is 0 Å². The fourth-order valence-electron chi connectivity index (χ4n) is 2.35. The van der Waals surface area contributed by atoms with Crippen molar-refractivity contribution in [1.29, 1.82) is 0 Å². The lowest BCUT2D eigenvalue weighted by Crippen LogP contribution is -2.21. The lowest BCUT2D eigenvalue weighted by molar-refractivity contribution is -0.118. The molecule has 0 aromatic heterocycles. The number of nitrogens with one attached hydrogen (secondary N) is 1. The Morgan fingerprint density at radius 1 is 1.12 bits per heavy atom. The van der Waals surface area contributed by atoms with Gasteiger partial charge in [0.05, 0.1) is 11.5 Å². The molecule has 0 bridgehead atoms. The first-order valence-corrected chi connectivity index (χ1v) is 9.63. The molecule has 0 saturated carbocycles. The molecule has 0 saturated heterocycles. The summed E-state index contributed by atoms with van der Waals surface area (Å²) in [4.78, 5) is 11.9. The van der Waals surface area contributed by atoms with Gasteiger partial charge in [0.25, 0.3) is 0 Å². The summed E-state index contributed by atoms with van der Waals surface area (Å²) in [5.74, 6) is 1.14. The normalized spacial score (nSPS) is 11.4. The molecule has 0 fully saturated rings. The van der Waals surface area contributed by atoms with Crippen LogP contribution in [0.4, 0.5) is 0 Å². The van der Waals surface area contributed by atoms with E-state index >= 15 is 0 Å². The summed E-state index contributed by atoms with van der Waals surface area (Å²) in [6.07, 6.45) is 0. The van der Waals surface area contributed by atoms with Crippen LogP contribution in [0.2, 0.25) is 0 Å². The molecule has 2 rings (SSSR count). The Bertz CT molecular complexity index is 721. The molecule has 2 aromatic rings. The molecular weight excluding hydrogens is 384 g/mol. The number of benzene rings is 2. The molecule has 0 spiro atoms. The smallest absolute Gasteiger partial charge is 0.250 e. The van der Waals surface area contributed by atoms with Crippen LogP contribution in [0.1, 0.15) is 29.2 Å². The number of carbonyl (C=O) groups excluding carboxylic acids is 1. The molecule has 2 aromatic carbocycles. The Morgan fingerprint density at radius 3 is 2.38 bits per heavy atom. The summed E-state index contributed by atoms with van der Waals surface area (Å²) in [6, 6.07) is 14.3. The van der Waals surface area contributed by atoms with E-state index in [-0.39, 0.29) is 5.91 Å². The number of thioether (sulfide) groups is 1. The summed E-state index contributed by atoms with van der Waals surface area (Å²) >= 11 is 4.99. The van der Waals surface area contributed by atoms with Crippen molar-refractivity contribution in [3.05, 3.63) is 69.2 Å². The molecule has 0 heterocycles. The van der Waals surface area contributed by atoms with Crippen LogP contribution < -0.4 is 5.43 Å². The topological polar surface area (TPSA) is 41.5 Å². The second-order valence-corrected chi connectivity index (χ2v) is 7.63. The first-order chi connectivity index (χ1) is 11.4. The van der Waals surface area contributed by atoms with Crippen LogP contribution in [0.3, 0.4) is 0 Å². The van der Waals surface area contributed by atoms with Crippen molar-refractivity contribution in [2.45, 2.75) is 26.5 Å². The van der Waals surface area contributed by atoms with Crippen molar-refractivity contribution >= 4 is 39.3 Å². The van der Waals surface area contributed by atoms with Crippen molar-refractivity contribution in [2.75, 3.05) is 5.75 Å². The maximum Gasteiger partial charge on any atom is 0.250 e. The predicted octanol–water partition coefficient (Wildman–Crippen LogP) is 4.84. The van der Waals surface area contributed by atoms with Gasteiger partial charge >= 0.3 is 0 Å². The van der Waals surface area contributed by atoms with Gasteiger partial charge in [0, 0.05) is 10.2 Å². The van der Waals surface area contributed by atoms with Gasteiger partial charge in [-0.15, -0.1) is 11.8 Å². The van der Waals surface area contributed by atoms with Crippen LogP contribution >= 0.6 is 27.7 Å². The highest BCUT2D eigenvalue weighted by Crippen LogP contribution is 2.15. The third kappa shape index (κ3) is 6.13. The van der Waals surface area contributed by atoms with Crippen molar-refractivity contribution < 1.29 is 4.79 Å². The molecule has 0 radical (unpaired) electrons. The number of carbonyl (C=O) groups is 1. The molecule has 0 atom stereocenters. The summed E-state index contributed by atoms with van der Waals surface area (Å²) in [5, 5.41) is 4.17. The monoisotopic (exact) mass is 404 g/mol. The fourth-order valence-corrected chi connectivity index (χ4v) is 3.37. The first-order valence-electron chi connectivity index (χ1n) is 7.68. The van der Waals surface area contributed by atoms with Crippen molar-refractivity contribution in [3.8, 4) is 0 Å². The average Bonchev–Trinajstić information content (AvgIpc) is 2.52. The summed E-state index contributed by atoms with van der Waals surface area (Å²) in [5.41, 5.74) is 8.15. The maximum absolute atomic E-state index is 11.9. The Labute approximate surface area is 156 Å². The molecule has 24 heavy (non-hydrogen) atoms. The average molecular weight is 405 g/mol. The molecule has 1 amide bonds. The van der Waals surface area contributed by atoms with Gasteiger partial charge in [0.15, 0.2) is 0 Å². The lowest BCUT2D eigenvalue weighted by Gasteiger charge is -2.05. The van der Waals surface area contributed by atoms with Crippen LogP contribution in [0.15, 0.2) is 52.0 Å². The van der Waals surface area contributed by atoms with Crippen LogP contribution in [0.5, 0.6) is 0 Å². The first kappa shape index (κ1) is 18.7. The minimum absolute atomic E-state index is 0.0826. The van der Waals surface area contributed by atoms with E-state index in [9.17, 15) is 4.79 Å². The second kappa shape index (κ2) is 9.04. The van der Waals surface area contributed by atoms with Gasteiger partial charge in [-0.2, -0.15) is 5.10 Å². The number of hydrazone groups is 1. The van der Waals surface area contributed by atoms with Gasteiger partial charge in [0.1, 0.15) is 0 Å². The molecule has 0 unspecified atom stereocenters. The van der Waals surface area contributed by atoms with E-state index in [4.69, 9.17) is 0 Å². The minimum Gasteiger partial charge on any atom is -0.272 e. The fraction of sp³-hybridized carbons (Fsp3) is 0.263. The number of hydrogen-bond acceptors (Lipinski definition) is 3. The molecule has 0 aliphatic rings. The minimum atomic E-state index is -0.0826. The van der Waals surface area contributed by atoms with E-state index in [1.807, 2.05) is 31.2 Å². The van der Waals surface area contributed by atoms with Gasteiger partial charge in [-0.3, -0.25) is 4.79 Å². The number of hydrogen-bond donors (Lipinski definition) is 1. The molecule has 0 aliphatic heterocycles. The Morgan fingerprint density at radius 2 is 1.75 bits per heavy atom. The highest BCUT2D eigenvalue weighted by atomic mass is 79.9. The zero-order valence-electron chi connectivity index (χ0n) is 14.1. The quantitative estimate of drug-likeness (QED) is 0.552. The number of rotatable bonds is 6. The lowest BCUT2D eigenvalue weighted by atomic mass is 10.1. The second-order valence-electron chi connectivity index (χ2n) is 5.73. The van der Waals surface area contributed by atoms with Gasteiger partial charge < -0.3 is 0 Å². The summed E-state index contributed by atoms with van der Waals surface area (Å²) in [6.45, 7) is 6.06. The number of nitrogens with zero attached hydrogens (tertiary/aromatic N) is 1. The van der Waals surface area contributed by atoms with E-state index in [0.29, 0.717) is 5.75 Å². The molecule has 5 heteroatoms. The highest BCUT2D eigenvalue weighted by molar-refractivity contribution is 9.10. The van der Waals surface area contributed by atoms with Crippen LogP contribution in [-0.4, -0.2) is 17.4 Å². The standard InChI is InChI=1S/C19H21BrN2OS/c1-13-8-14(2)10-16(9-13)11-24-12-19(23)22-21-15(3)17-4-6-18(20)7-5-17/h4-10H,11-12H2,1-3H3,(H,22,23). The van der Waals surface area contributed by atoms with Gasteiger partial charge in [-0.1, -0.05) is 57.4 Å². The number of halogens is 1. The zero-order chi connectivity index (χ0) is 17.5. The van der Waals surface area contributed by atoms with Crippen molar-refractivity contribution in [2.24, 2.45) is 5.10 Å². The Hall–Kier alpha value is -1.59. The third-order valence-electron chi connectivity index (χ3n) is 3.39. The van der Waals surface area contributed by atoms with Gasteiger partial charge in [0.2, 0.25) is 5.91 Å². The third-order valence-corrected chi connectivity index (χ3v) is 4.93. The van der Waals surface area contributed by atoms with E-state index in [1.54, 1.807) is 11.8 Å². The number of amides is 1. The van der Waals surface area contributed by atoms with E-state index in [1.165, 1.54) is 16.7 Å². The maximum atomic E-state index is 11.9. The molecular formula is C19H21BrN2OS. The molecule has 1 N–H and O–H groups in total. The summed E-state index contributed by atoms with van der Waals surface area (Å²) in [7, 11) is 0. The SMILES string of the molecule is CC(=NNC(=O)CSCc1cc(C)cc(C)c1)c1ccc(Br)cc1. The van der Waals surface area contributed by atoms with Crippen molar-refractivity contribution in [1.82, 2.24) is 5.43 Å². The van der Waals surface area contributed by atoms with Crippen LogP contribution in [0, 0.1) is 13.8 Å². The largest absolute Gasteiger partial charge is 0.272 e. The van der Waals surface area contributed by atoms with E-state index in [0.717, 1.165) is 21.5 Å². The van der Waals surface area contributed by atoms with E-state index < -0.39 is 0 Å². The van der Waals surface area contributed by atoms with Gasteiger partial charge in [-0.05, 0) is 44.0 Å². The highest BCUT2D eigenvalue weighted by Gasteiger charge is 2.03. The Kier molecular flexibility index (Phi) is 7.06. The molecule has 126 valence electrons. The van der Waals surface area contributed by atoms with E-state index in [2.05, 4.69) is 58.5 Å². The van der Waals surface area contributed by atoms with Crippen molar-refractivity contribution in [3.63, 3.8) is 0 Å².